The Morgan fingerprint density at radius 3 is 2.19 bits per heavy atom. The minimum absolute atomic E-state index is 0.0121. The molecule has 1 N–H and O–H groups in total. The number of hydrogen-bond donors (Lipinski definition) is 1. The Hall–Kier alpha value is -2.98. The lowest BCUT2D eigenvalue weighted by atomic mass is 9.96. The zero-order valence-corrected chi connectivity index (χ0v) is 18.4. The SMILES string of the molecule is O=C(c1ccccc1O)N1CCN(C(=O)C2CCN(S(=O)(=O)c3cccnc3)CC2)CC1. The number of phenolic OH excluding ortho intramolecular Hbond substituents is 1. The Kier molecular flexibility index (Phi) is 6.43. The average Bonchev–Trinajstić information content (AvgIpc) is 2.84. The number of phenols is 1. The Bertz CT molecular complexity index is 1080. The molecule has 2 saturated heterocycles. The topological polar surface area (TPSA) is 111 Å². The molecular formula is C22H26N4O5S. The lowest BCUT2D eigenvalue weighted by molar-refractivity contribution is -0.138. The molecule has 1 aromatic heterocycles. The minimum atomic E-state index is -3.60. The second-order valence-corrected chi connectivity index (χ2v) is 9.94. The van der Waals surface area contributed by atoms with E-state index in [0.29, 0.717) is 52.1 Å². The van der Waals surface area contributed by atoms with Crippen molar-refractivity contribution in [2.45, 2.75) is 17.7 Å². The smallest absolute Gasteiger partial charge is 0.257 e. The van der Waals surface area contributed by atoms with Crippen LogP contribution in [-0.2, 0) is 14.8 Å². The van der Waals surface area contributed by atoms with Crippen LogP contribution >= 0.6 is 0 Å². The summed E-state index contributed by atoms with van der Waals surface area (Å²) in [5.74, 6) is -0.512. The standard InChI is InChI=1S/C22H26N4O5S/c27-20-6-2-1-5-19(20)22(29)25-14-12-24(13-15-25)21(28)17-7-10-26(11-8-17)32(30,31)18-4-3-9-23-16-18/h1-6,9,16-17,27H,7-8,10-15H2. The number of benzene rings is 1. The van der Waals surface area contributed by atoms with Gasteiger partial charge in [0.05, 0.1) is 5.56 Å². The molecule has 0 unspecified atom stereocenters. The molecule has 9 nitrogen and oxygen atoms in total. The van der Waals surface area contributed by atoms with Gasteiger partial charge in [0.2, 0.25) is 15.9 Å². The summed E-state index contributed by atoms with van der Waals surface area (Å²) in [5.41, 5.74) is 0.259. The molecule has 2 fully saturated rings. The minimum Gasteiger partial charge on any atom is -0.507 e. The normalized spacial score (nSPS) is 18.5. The highest BCUT2D eigenvalue weighted by Crippen LogP contribution is 2.26. The average molecular weight is 459 g/mol. The second-order valence-electron chi connectivity index (χ2n) is 8.00. The summed E-state index contributed by atoms with van der Waals surface area (Å²) in [4.78, 5) is 33.1. The van der Waals surface area contributed by atoms with E-state index in [-0.39, 0.29) is 33.9 Å². The quantitative estimate of drug-likeness (QED) is 0.736. The van der Waals surface area contributed by atoms with E-state index in [0.717, 1.165) is 0 Å². The third kappa shape index (κ3) is 4.46. The van der Waals surface area contributed by atoms with Gasteiger partial charge >= 0.3 is 0 Å². The maximum atomic E-state index is 13.0. The molecular weight excluding hydrogens is 432 g/mol. The van der Waals surface area contributed by atoms with Crippen LogP contribution in [0, 0.1) is 5.92 Å². The van der Waals surface area contributed by atoms with Crippen molar-refractivity contribution in [2.24, 2.45) is 5.92 Å². The number of amides is 2. The first kappa shape index (κ1) is 22.2. The summed E-state index contributed by atoms with van der Waals surface area (Å²) in [6.45, 7) is 2.22. The molecule has 1 aromatic carbocycles. The molecule has 0 atom stereocenters. The number of piperazine rings is 1. The molecule has 10 heteroatoms. The van der Waals surface area contributed by atoms with Gasteiger partial charge < -0.3 is 14.9 Å². The van der Waals surface area contributed by atoms with E-state index in [1.165, 1.54) is 28.8 Å². The molecule has 0 radical (unpaired) electrons. The van der Waals surface area contributed by atoms with Gasteiger partial charge in [0.1, 0.15) is 10.6 Å². The van der Waals surface area contributed by atoms with Gasteiger partial charge in [-0.25, -0.2) is 8.42 Å². The van der Waals surface area contributed by atoms with Crippen molar-refractivity contribution in [2.75, 3.05) is 39.3 Å². The van der Waals surface area contributed by atoms with Gasteiger partial charge in [-0.1, -0.05) is 12.1 Å². The molecule has 3 heterocycles. The number of hydrogen-bond acceptors (Lipinski definition) is 6. The summed E-state index contributed by atoms with van der Waals surface area (Å²) >= 11 is 0. The van der Waals surface area contributed by atoms with Crippen LogP contribution in [0.1, 0.15) is 23.2 Å². The Labute approximate surface area is 187 Å². The maximum Gasteiger partial charge on any atom is 0.257 e. The molecule has 32 heavy (non-hydrogen) atoms. The number of piperidine rings is 1. The lowest BCUT2D eigenvalue weighted by Gasteiger charge is -2.38. The number of aromatic hydroxyl groups is 1. The van der Waals surface area contributed by atoms with E-state index < -0.39 is 10.0 Å². The Morgan fingerprint density at radius 1 is 0.906 bits per heavy atom. The van der Waals surface area contributed by atoms with Crippen molar-refractivity contribution in [1.29, 1.82) is 0 Å². The number of carbonyl (C=O) groups is 2. The molecule has 2 aromatic rings. The third-order valence-electron chi connectivity index (χ3n) is 6.09. The second kappa shape index (κ2) is 9.25. The van der Waals surface area contributed by atoms with E-state index in [1.54, 1.807) is 34.1 Å². The van der Waals surface area contributed by atoms with Crippen molar-refractivity contribution in [1.82, 2.24) is 19.1 Å². The number of rotatable bonds is 4. The van der Waals surface area contributed by atoms with Crippen molar-refractivity contribution >= 4 is 21.8 Å². The molecule has 2 aliphatic rings. The first-order chi connectivity index (χ1) is 15.4. The van der Waals surface area contributed by atoms with E-state index in [2.05, 4.69) is 4.98 Å². The molecule has 0 bridgehead atoms. The van der Waals surface area contributed by atoms with Crippen LogP contribution in [0.25, 0.3) is 0 Å². The fraction of sp³-hybridized carbons (Fsp3) is 0.409. The van der Waals surface area contributed by atoms with Gasteiger partial charge in [0.25, 0.3) is 5.91 Å². The highest BCUT2D eigenvalue weighted by molar-refractivity contribution is 7.89. The lowest BCUT2D eigenvalue weighted by Crippen LogP contribution is -2.53. The van der Waals surface area contributed by atoms with Crippen LogP contribution in [0.15, 0.2) is 53.7 Å². The van der Waals surface area contributed by atoms with Crippen molar-refractivity contribution in [3.63, 3.8) is 0 Å². The Balaban J connectivity index is 1.30. The molecule has 2 aliphatic heterocycles. The van der Waals surface area contributed by atoms with Crippen molar-refractivity contribution in [3.05, 3.63) is 54.4 Å². The Morgan fingerprint density at radius 2 is 1.56 bits per heavy atom. The van der Waals surface area contributed by atoms with Gasteiger partial charge in [-0.15, -0.1) is 0 Å². The molecule has 2 amide bonds. The highest BCUT2D eigenvalue weighted by Gasteiger charge is 2.35. The first-order valence-electron chi connectivity index (χ1n) is 10.6. The van der Waals surface area contributed by atoms with Crippen LogP contribution in [0.2, 0.25) is 0 Å². The predicted octanol–water partition coefficient (Wildman–Crippen LogP) is 1.17. The summed E-state index contributed by atoms with van der Waals surface area (Å²) in [7, 11) is -3.60. The van der Waals surface area contributed by atoms with E-state index in [1.807, 2.05) is 0 Å². The number of aromatic nitrogens is 1. The van der Waals surface area contributed by atoms with E-state index >= 15 is 0 Å². The molecule has 170 valence electrons. The maximum absolute atomic E-state index is 13.0. The fourth-order valence-corrected chi connectivity index (χ4v) is 5.64. The number of sulfonamides is 1. The monoisotopic (exact) mass is 458 g/mol. The molecule has 0 saturated carbocycles. The largest absolute Gasteiger partial charge is 0.507 e. The van der Waals surface area contributed by atoms with Crippen LogP contribution in [0.3, 0.4) is 0 Å². The number of pyridine rings is 1. The van der Waals surface area contributed by atoms with E-state index in [9.17, 15) is 23.1 Å². The summed E-state index contributed by atoms with van der Waals surface area (Å²) in [5, 5.41) is 9.91. The third-order valence-corrected chi connectivity index (χ3v) is 7.97. The van der Waals surface area contributed by atoms with Gasteiger partial charge in [-0.05, 0) is 37.1 Å². The van der Waals surface area contributed by atoms with Gasteiger partial charge in [0, 0.05) is 57.6 Å². The van der Waals surface area contributed by atoms with Crippen LogP contribution < -0.4 is 0 Å². The summed E-state index contributed by atoms with van der Waals surface area (Å²) in [6, 6.07) is 9.54. The van der Waals surface area contributed by atoms with Gasteiger partial charge in [-0.2, -0.15) is 4.31 Å². The van der Waals surface area contributed by atoms with Crippen LogP contribution in [-0.4, -0.2) is 83.7 Å². The van der Waals surface area contributed by atoms with Crippen LogP contribution in [0.5, 0.6) is 5.75 Å². The van der Waals surface area contributed by atoms with Gasteiger partial charge in [0.15, 0.2) is 0 Å². The number of carbonyl (C=O) groups excluding carboxylic acids is 2. The highest BCUT2D eigenvalue weighted by atomic mass is 32.2. The number of nitrogens with zero attached hydrogens (tertiary/aromatic N) is 4. The number of para-hydroxylation sites is 1. The predicted molar refractivity (Wildman–Crippen MR) is 116 cm³/mol. The fourth-order valence-electron chi connectivity index (χ4n) is 4.20. The van der Waals surface area contributed by atoms with Gasteiger partial charge in [-0.3, -0.25) is 14.6 Å². The molecule has 0 aliphatic carbocycles. The zero-order chi connectivity index (χ0) is 22.7. The summed E-state index contributed by atoms with van der Waals surface area (Å²) < 4.78 is 26.9. The first-order valence-corrected chi connectivity index (χ1v) is 12.1. The van der Waals surface area contributed by atoms with E-state index in [4.69, 9.17) is 0 Å². The zero-order valence-electron chi connectivity index (χ0n) is 17.6. The van der Waals surface area contributed by atoms with Crippen LogP contribution in [0.4, 0.5) is 0 Å². The molecule has 4 rings (SSSR count). The van der Waals surface area contributed by atoms with Crippen molar-refractivity contribution < 1.29 is 23.1 Å². The molecule has 0 spiro atoms. The van der Waals surface area contributed by atoms with Crippen molar-refractivity contribution in [3.8, 4) is 5.75 Å². The summed E-state index contributed by atoms with van der Waals surface area (Å²) in [6.07, 6.45) is 3.80.